The lowest BCUT2D eigenvalue weighted by molar-refractivity contribution is 0.415. The van der Waals surface area contributed by atoms with Crippen LogP contribution in [0.3, 0.4) is 0 Å². The maximum atomic E-state index is 5.96. The van der Waals surface area contributed by atoms with Gasteiger partial charge in [0.05, 0.1) is 12.8 Å². The molecule has 0 radical (unpaired) electrons. The van der Waals surface area contributed by atoms with Gasteiger partial charge in [-0.1, -0.05) is 12.1 Å². The molecule has 0 aliphatic rings. The molecule has 1 aromatic heterocycles. The third-order valence-electron chi connectivity index (χ3n) is 3.31. The second kappa shape index (κ2) is 5.32. The smallest absolute Gasteiger partial charge is 0.227 e. The van der Waals surface area contributed by atoms with E-state index in [2.05, 4.69) is 4.98 Å². The molecule has 2 aromatic carbocycles. The highest BCUT2D eigenvalue weighted by Crippen LogP contribution is 2.33. The predicted octanol–water partition coefficient (Wildman–Crippen LogP) is 3.93. The van der Waals surface area contributed by atoms with E-state index in [0.29, 0.717) is 17.3 Å². The zero-order valence-electron chi connectivity index (χ0n) is 12.0. The molecule has 2 N–H and O–H groups in total. The highest BCUT2D eigenvalue weighted by Gasteiger charge is 2.09. The molecule has 4 nitrogen and oxygen atoms in total. The van der Waals surface area contributed by atoms with E-state index >= 15 is 0 Å². The molecule has 0 saturated heterocycles. The van der Waals surface area contributed by atoms with E-state index < -0.39 is 0 Å². The van der Waals surface area contributed by atoms with Gasteiger partial charge in [-0.15, -0.1) is 0 Å². The van der Waals surface area contributed by atoms with Crippen molar-refractivity contribution in [1.29, 1.82) is 0 Å². The van der Waals surface area contributed by atoms with Gasteiger partial charge in [-0.05, 0) is 48.2 Å². The number of aryl methyl sites for hydroxylation is 1. The molecule has 0 unspecified atom stereocenters. The van der Waals surface area contributed by atoms with Gasteiger partial charge >= 0.3 is 0 Å². The zero-order chi connectivity index (χ0) is 14.8. The molecule has 0 aliphatic heterocycles. The maximum Gasteiger partial charge on any atom is 0.227 e. The normalized spacial score (nSPS) is 10.6. The highest BCUT2D eigenvalue weighted by atomic mass is 16.5. The number of nitrogen functional groups attached to an aromatic ring is 1. The topological polar surface area (TPSA) is 57.4 Å². The Labute approximate surface area is 123 Å². The van der Waals surface area contributed by atoms with Crippen LogP contribution < -0.4 is 15.2 Å². The molecule has 3 rings (SSSR count). The summed E-state index contributed by atoms with van der Waals surface area (Å²) in [6.45, 7) is 1.99. The lowest BCUT2D eigenvalue weighted by atomic mass is 10.1. The van der Waals surface area contributed by atoms with Crippen molar-refractivity contribution in [3.8, 4) is 17.4 Å². The third kappa shape index (κ3) is 2.60. The van der Waals surface area contributed by atoms with Crippen LogP contribution in [0.15, 0.2) is 48.7 Å². The number of ether oxygens (including phenoxy) is 2. The molecule has 0 saturated carbocycles. The van der Waals surface area contributed by atoms with Gasteiger partial charge in [-0.3, -0.25) is 0 Å². The van der Waals surface area contributed by atoms with Crippen LogP contribution in [0.1, 0.15) is 5.56 Å². The van der Waals surface area contributed by atoms with E-state index in [9.17, 15) is 0 Å². The van der Waals surface area contributed by atoms with Crippen LogP contribution in [0.5, 0.6) is 17.4 Å². The van der Waals surface area contributed by atoms with Gasteiger partial charge in [0, 0.05) is 11.6 Å². The number of methoxy groups -OCH3 is 1. The minimum absolute atomic E-state index is 0.517. The second-order valence-corrected chi connectivity index (χ2v) is 4.85. The van der Waals surface area contributed by atoms with E-state index in [0.717, 1.165) is 22.1 Å². The SMILES string of the molecule is COc1ccc2ccnc(Oc3cc(C)ccc3N)c2c1. The second-order valence-electron chi connectivity index (χ2n) is 4.85. The summed E-state index contributed by atoms with van der Waals surface area (Å²) in [5.74, 6) is 1.89. The molecule has 0 aliphatic carbocycles. The van der Waals surface area contributed by atoms with Crippen molar-refractivity contribution in [3.63, 3.8) is 0 Å². The zero-order valence-corrected chi connectivity index (χ0v) is 12.0. The molecule has 4 heteroatoms. The quantitative estimate of drug-likeness (QED) is 0.739. The number of fused-ring (bicyclic) bond motifs is 1. The van der Waals surface area contributed by atoms with Gasteiger partial charge < -0.3 is 15.2 Å². The van der Waals surface area contributed by atoms with Crippen LogP contribution >= 0.6 is 0 Å². The molecule has 0 atom stereocenters. The minimum Gasteiger partial charge on any atom is -0.497 e. The number of pyridine rings is 1. The largest absolute Gasteiger partial charge is 0.497 e. The summed E-state index contributed by atoms with van der Waals surface area (Å²) >= 11 is 0. The Balaban J connectivity index is 2.09. The first-order valence-corrected chi connectivity index (χ1v) is 6.64. The lowest BCUT2D eigenvalue weighted by Crippen LogP contribution is -1.95. The van der Waals surface area contributed by atoms with Crippen molar-refractivity contribution in [2.75, 3.05) is 12.8 Å². The molecular weight excluding hydrogens is 264 g/mol. The van der Waals surface area contributed by atoms with Crippen LogP contribution in [-0.4, -0.2) is 12.1 Å². The summed E-state index contributed by atoms with van der Waals surface area (Å²) in [5, 5.41) is 1.92. The standard InChI is InChI=1S/C17H16N2O2/c1-11-3-6-15(18)16(9-11)21-17-14-10-13(20-2)5-4-12(14)7-8-19-17/h3-10H,18H2,1-2H3. The number of aromatic nitrogens is 1. The number of hydrogen-bond donors (Lipinski definition) is 1. The summed E-state index contributed by atoms with van der Waals surface area (Å²) in [7, 11) is 1.64. The first-order valence-electron chi connectivity index (χ1n) is 6.64. The summed E-state index contributed by atoms with van der Waals surface area (Å²) < 4.78 is 11.2. The Kier molecular flexibility index (Phi) is 3.36. The number of rotatable bonds is 3. The predicted molar refractivity (Wildman–Crippen MR) is 84.0 cm³/mol. The summed E-state index contributed by atoms with van der Waals surface area (Å²) in [6.07, 6.45) is 1.72. The molecule has 106 valence electrons. The lowest BCUT2D eigenvalue weighted by Gasteiger charge is -2.11. The van der Waals surface area contributed by atoms with Crippen molar-refractivity contribution in [3.05, 3.63) is 54.2 Å². The van der Waals surface area contributed by atoms with E-state index in [1.807, 2.05) is 49.4 Å². The molecule has 0 amide bonds. The van der Waals surface area contributed by atoms with Gasteiger partial charge in [-0.2, -0.15) is 0 Å². The average molecular weight is 280 g/mol. The fourth-order valence-corrected chi connectivity index (χ4v) is 2.16. The molecule has 0 fully saturated rings. The number of hydrogen-bond acceptors (Lipinski definition) is 4. The first-order chi connectivity index (χ1) is 10.2. The average Bonchev–Trinajstić information content (AvgIpc) is 2.51. The number of anilines is 1. The van der Waals surface area contributed by atoms with Crippen molar-refractivity contribution >= 4 is 16.5 Å². The van der Waals surface area contributed by atoms with Gasteiger partial charge in [-0.25, -0.2) is 4.98 Å². The van der Waals surface area contributed by atoms with Crippen molar-refractivity contribution in [2.24, 2.45) is 0 Å². The van der Waals surface area contributed by atoms with E-state index in [4.69, 9.17) is 15.2 Å². The number of nitrogens with two attached hydrogens (primary N) is 1. The number of benzene rings is 2. The van der Waals surface area contributed by atoms with Crippen molar-refractivity contribution < 1.29 is 9.47 Å². The fraction of sp³-hybridized carbons (Fsp3) is 0.118. The van der Waals surface area contributed by atoms with E-state index in [-0.39, 0.29) is 0 Å². The van der Waals surface area contributed by atoms with Crippen LogP contribution in [-0.2, 0) is 0 Å². The molecule has 3 aromatic rings. The summed E-state index contributed by atoms with van der Waals surface area (Å²) in [4.78, 5) is 4.32. The monoisotopic (exact) mass is 280 g/mol. The molecule has 0 spiro atoms. The van der Waals surface area contributed by atoms with Crippen LogP contribution in [0.4, 0.5) is 5.69 Å². The van der Waals surface area contributed by atoms with Crippen LogP contribution in [0.2, 0.25) is 0 Å². The van der Waals surface area contributed by atoms with Crippen molar-refractivity contribution in [2.45, 2.75) is 6.92 Å². The van der Waals surface area contributed by atoms with Gasteiger partial charge in [0.25, 0.3) is 0 Å². The van der Waals surface area contributed by atoms with E-state index in [1.165, 1.54) is 0 Å². The summed E-state index contributed by atoms with van der Waals surface area (Å²) in [5.41, 5.74) is 7.63. The third-order valence-corrected chi connectivity index (χ3v) is 3.31. The van der Waals surface area contributed by atoms with Crippen LogP contribution in [0, 0.1) is 6.92 Å². The minimum atomic E-state index is 0.517. The van der Waals surface area contributed by atoms with Crippen LogP contribution in [0.25, 0.3) is 10.8 Å². The summed E-state index contributed by atoms with van der Waals surface area (Å²) in [6, 6.07) is 13.4. The Bertz CT molecular complexity index is 800. The Morgan fingerprint density at radius 1 is 1.05 bits per heavy atom. The van der Waals surface area contributed by atoms with E-state index in [1.54, 1.807) is 13.3 Å². The Morgan fingerprint density at radius 2 is 1.90 bits per heavy atom. The molecule has 1 heterocycles. The molecule has 21 heavy (non-hydrogen) atoms. The molecular formula is C17H16N2O2. The van der Waals surface area contributed by atoms with Gasteiger partial charge in [0.15, 0.2) is 5.75 Å². The Morgan fingerprint density at radius 3 is 2.71 bits per heavy atom. The van der Waals surface area contributed by atoms with Gasteiger partial charge in [0.1, 0.15) is 5.75 Å². The Hall–Kier alpha value is -2.75. The highest BCUT2D eigenvalue weighted by molar-refractivity contribution is 5.88. The first kappa shape index (κ1) is 13.2. The van der Waals surface area contributed by atoms with Crippen molar-refractivity contribution in [1.82, 2.24) is 4.98 Å². The maximum absolute atomic E-state index is 5.96. The fourth-order valence-electron chi connectivity index (χ4n) is 2.16. The van der Waals surface area contributed by atoms with Gasteiger partial charge in [0.2, 0.25) is 5.88 Å². The molecule has 0 bridgehead atoms. The number of nitrogens with zero attached hydrogens (tertiary/aromatic N) is 1.